The van der Waals surface area contributed by atoms with E-state index in [1.54, 1.807) is 6.07 Å². The van der Waals surface area contributed by atoms with Gasteiger partial charge in [0.1, 0.15) is 0 Å². The fraction of sp³-hybridized carbons (Fsp3) is 0.158. The van der Waals surface area contributed by atoms with Gasteiger partial charge in [-0.05, 0) is 49.7 Å². The van der Waals surface area contributed by atoms with E-state index in [1.807, 2.05) is 48.7 Å². The summed E-state index contributed by atoms with van der Waals surface area (Å²) in [6, 6.07) is 13.0. The average molecular weight is 425 g/mol. The van der Waals surface area contributed by atoms with Gasteiger partial charge in [-0.1, -0.05) is 46.9 Å². The molecule has 0 saturated heterocycles. The Hall–Kier alpha value is -1.59. The second kappa shape index (κ2) is 8.40. The highest BCUT2D eigenvalue weighted by Crippen LogP contribution is 2.30. The summed E-state index contributed by atoms with van der Waals surface area (Å²) in [6.45, 7) is 4.74. The van der Waals surface area contributed by atoms with Gasteiger partial charge in [0.25, 0.3) is 0 Å². The molecule has 0 atom stereocenters. The molecule has 3 nitrogen and oxygen atoms in total. The molecule has 0 aliphatic rings. The minimum Gasteiger partial charge on any atom is -0.315 e. The fourth-order valence-electron chi connectivity index (χ4n) is 2.49. The zero-order valence-electron chi connectivity index (χ0n) is 14.2. The van der Waals surface area contributed by atoms with Crippen LogP contribution in [-0.4, -0.2) is 10.3 Å². The van der Waals surface area contributed by atoms with Gasteiger partial charge in [-0.2, -0.15) is 5.10 Å². The van der Waals surface area contributed by atoms with Gasteiger partial charge in [-0.25, -0.2) is 0 Å². The SMILES string of the molecule is CCn1c(-c2ccc(Cl)cc2Cl)cs/c1=N\N=C(\C)c1ccc(Cl)cc1. The number of thiazole rings is 1. The van der Waals surface area contributed by atoms with Crippen molar-refractivity contribution in [3.05, 3.63) is 73.3 Å². The zero-order chi connectivity index (χ0) is 18.7. The first-order valence-electron chi connectivity index (χ1n) is 7.97. The Bertz CT molecular complexity index is 1020. The lowest BCUT2D eigenvalue weighted by molar-refractivity contribution is 0.736. The van der Waals surface area contributed by atoms with Crippen LogP contribution in [0.1, 0.15) is 19.4 Å². The van der Waals surface area contributed by atoms with Crippen LogP contribution >= 0.6 is 46.1 Å². The van der Waals surface area contributed by atoms with Gasteiger partial charge < -0.3 is 4.57 Å². The summed E-state index contributed by atoms with van der Waals surface area (Å²) in [5.74, 6) is 0. The van der Waals surface area contributed by atoms with Crippen molar-refractivity contribution in [2.24, 2.45) is 10.2 Å². The molecule has 0 amide bonds. The van der Waals surface area contributed by atoms with E-state index in [4.69, 9.17) is 34.8 Å². The van der Waals surface area contributed by atoms with E-state index in [0.717, 1.165) is 33.9 Å². The first-order chi connectivity index (χ1) is 12.5. The van der Waals surface area contributed by atoms with E-state index in [2.05, 4.69) is 21.7 Å². The van der Waals surface area contributed by atoms with Crippen LogP contribution in [-0.2, 0) is 6.54 Å². The topological polar surface area (TPSA) is 29.6 Å². The number of hydrogen-bond acceptors (Lipinski definition) is 3. The van der Waals surface area contributed by atoms with Crippen molar-refractivity contribution in [3.8, 4) is 11.3 Å². The first-order valence-corrected chi connectivity index (χ1v) is 9.99. The smallest absolute Gasteiger partial charge is 0.211 e. The van der Waals surface area contributed by atoms with Crippen LogP contribution in [0.15, 0.2) is 58.0 Å². The molecule has 0 N–H and O–H groups in total. The summed E-state index contributed by atoms with van der Waals surface area (Å²) in [4.78, 5) is 0.807. The Kier molecular flexibility index (Phi) is 6.20. The number of rotatable bonds is 4. The Balaban J connectivity index is 2.01. The summed E-state index contributed by atoms with van der Waals surface area (Å²) in [5, 5.41) is 12.8. The number of benzene rings is 2. The highest BCUT2D eigenvalue weighted by Gasteiger charge is 2.10. The molecule has 0 saturated carbocycles. The van der Waals surface area contributed by atoms with Crippen molar-refractivity contribution in [2.75, 3.05) is 0 Å². The molecular weight excluding hydrogens is 409 g/mol. The van der Waals surface area contributed by atoms with Gasteiger partial charge in [0.15, 0.2) is 0 Å². The third-order valence-corrected chi connectivity index (χ3v) is 5.52. The van der Waals surface area contributed by atoms with E-state index in [-0.39, 0.29) is 0 Å². The zero-order valence-corrected chi connectivity index (χ0v) is 17.3. The molecule has 3 rings (SSSR count). The van der Waals surface area contributed by atoms with Crippen molar-refractivity contribution in [1.29, 1.82) is 0 Å². The Morgan fingerprint density at radius 2 is 1.73 bits per heavy atom. The van der Waals surface area contributed by atoms with Gasteiger partial charge in [0.05, 0.1) is 16.4 Å². The number of aromatic nitrogens is 1. The summed E-state index contributed by atoms with van der Waals surface area (Å²) in [6.07, 6.45) is 0. The lowest BCUT2D eigenvalue weighted by Crippen LogP contribution is -2.14. The average Bonchev–Trinajstić information content (AvgIpc) is 3.03. The minimum atomic E-state index is 0.616. The molecule has 1 heterocycles. The Labute approximate surface area is 171 Å². The monoisotopic (exact) mass is 423 g/mol. The normalized spacial score (nSPS) is 12.7. The predicted octanol–water partition coefficient (Wildman–Crippen LogP) is 6.52. The molecule has 0 unspecified atom stereocenters. The third-order valence-electron chi connectivity index (χ3n) is 3.87. The first kappa shape index (κ1) is 19.2. The van der Waals surface area contributed by atoms with Crippen molar-refractivity contribution in [3.63, 3.8) is 0 Å². The summed E-state index contributed by atoms with van der Waals surface area (Å²) < 4.78 is 2.08. The maximum absolute atomic E-state index is 6.36. The van der Waals surface area contributed by atoms with Crippen LogP contribution in [0, 0.1) is 0 Å². The standard InChI is InChI=1S/C19H16Cl3N3S/c1-3-25-18(16-9-8-15(21)10-17(16)22)11-26-19(25)24-23-12(2)13-4-6-14(20)7-5-13/h4-11H,3H2,1-2H3/b23-12-,24-19-. The molecule has 0 bridgehead atoms. The van der Waals surface area contributed by atoms with Gasteiger partial charge in [-0.3, -0.25) is 0 Å². The van der Waals surface area contributed by atoms with Crippen molar-refractivity contribution < 1.29 is 0 Å². The summed E-state index contributed by atoms with van der Waals surface area (Å²) >= 11 is 19.8. The molecule has 0 spiro atoms. The van der Waals surface area contributed by atoms with E-state index >= 15 is 0 Å². The van der Waals surface area contributed by atoms with Gasteiger partial charge in [0, 0.05) is 27.5 Å². The van der Waals surface area contributed by atoms with E-state index < -0.39 is 0 Å². The van der Waals surface area contributed by atoms with Crippen LogP contribution in [0.3, 0.4) is 0 Å². The Morgan fingerprint density at radius 3 is 2.38 bits per heavy atom. The van der Waals surface area contributed by atoms with Gasteiger partial charge in [-0.15, -0.1) is 16.4 Å². The third kappa shape index (κ3) is 4.21. The molecule has 134 valence electrons. The lowest BCUT2D eigenvalue weighted by atomic mass is 10.1. The maximum Gasteiger partial charge on any atom is 0.211 e. The molecule has 2 aromatic carbocycles. The quantitative estimate of drug-likeness (QED) is 0.337. The second-order valence-electron chi connectivity index (χ2n) is 5.56. The highest BCUT2D eigenvalue weighted by molar-refractivity contribution is 7.07. The van der Waals surface area contributed by atoms with E-state index in [1.165, 1.54) is 11.3 Å². The molecule has 26 heavy (non-hydrogen) atoms. The number of nitrogens with zero attached hydrogens (tertiary/aromatic N) is 3. The van der Waals surface area contributed by atoms with Crippen molar-refractivity contribution >= 4 is 51.9 Å². The molecule has 0 radical (unpaired) electrons. The molecule has 7 heteroatoms. The molecule has 0 aliphatic carbocycles. The minimum absolute atomic E-state index is 0.616. The molecular formula is C19H16Cl3N3S. The van der Waals surface area contributed by atoms with Crippen molar-refractivity contribution in [2.45, 2.75) is 20.4 Å². The molecule has 3 aromatic rings. The largest absolute Gasteiger partial charge is 0.315 e. The fourth-order valence-corrected chi connectivity index (χ4v) is 4.04. The van der Waals surface area contributed by atoms with Crippen LogP contribution in [0.25, 0.3) is 11.3 Å². The van der Waals surface area contributed by atoms with Gasteiger partial charge in [0.2, 0.25) is 4.80 Å². The maximum atomic E-state index is 6.36. The van der Waals surface area contributed by atoms with E-state index in [0.29, 0.717) is 15.1 Å². The molecule has 0 aliphatic heterocycles. The summed E-state index contributed by atoms with van der Waals surface area (Å²) in [7, 11) is 0. The van der Waals surface area contributed by atoms with Crippen molar-refractivity contribution in [1.82, 2.24) is 4.57 Å². The molecule has 0 fully saturated rings. The number of halogens is 3. The summed E-state index contributed by atoms with van der Waals surface area (Å²) in [5.41, 5.74) is 3.73. The van der Waals surface area contributed by atoms with Crippen LogP contribution in [0.4, 0.5) is 0 Å². The lowest BCUT2D eigenvalue weighted by Gasteiger charge is -2.08. The Morgan fingerprint density at radius 1 is 1.04 bits per heavy atom. The van der Waals surface area contributed by atoms with E-state index in [9.17, 15) is 0 Å². The second-order valence-corrected chi connectivity index (χ2v) is 7.68. The van der Waals surface area contributed by atoms with Gasteiger partial charge >= 0.3 is 0 Å². The number of hydrogen-bond donors (Lipinski definition) is 0. The van der Waals surface area contributed by atoms with Crippen LogP contribution in [0.5, 0.6) is 0 Å². The highest BCUT2D eigenvalue weighted by atomic mass is 35.5. The van der Waals surface area contributed by atoms with Crippen LogP contribution in [0.2, 0.25) is 15.1 Å². The van der Waals surface area contributed by atoms with Crippen LogP contribution < -0.4 is 4.80 Å². The molecule has 1 aromatic heterocycles. The predicted molar refractivity (Wildman–Crippen MR) is 113 cm³/mol.